The van der Waals surface area contributed by atoms with Crippen LogP contribution in [0.15, 0.2) is 54.9 Å². The van der Waals surface area contributed by atoms with Crippen LogP contribution in [-0.2, 0) is 7.05 Å². The van der Waals surface area contributed by atoms with Crippen molar-refractivity contribution >= 4 is 29.3 Å². The summed E-state index contributed by atoms with van der Waals surface area (Å²) in [7, 11) is -0.659. The zero-order chi connectivity index (χ0) is 15.3. The summed E-state index contributed by atoms with van der Waals surface area (Å²) in [4.78, 5) is 3.24. The summed E-state index contributed by atoms with van der Waals surface area (Å²) in [5.74, 6) is 0. The van der Waals surface area contributed by atoms with Crippen LogP contribution in [0.3, 0.4) is 0 Å². The van der Waals surface area contributed by atoms with E-state index in [1.54, 1.807) is 6.07 Å². The molecule has 0 aliphatic heterocycles. The molecule has 3 nitrogen and oxygen atoms in total. The second kappa shape index (κ2) is 4.69. The predicted octanol–water partition coefficient (Wildman–Crippen LogP) is 3.39. The Kier molecular flexibility index (Phi) is 2.79. The molecule has 4 rings (SSSR count). The summed E-state index contributed by atoms with van der Waals surface area (Å²) in [5, 5.41) is 0.928. The van der Waals surface area contributed by atoms with E-state index in [0.717, 1.165) is 26.6 Å². The molecular weight excluding hydrogens is 283 g/mol. The molecule has 6 heteroatoms. The van der Waals surface area contributed by atoms with Crippen LogP contribution in [0, 0.1) is 0 Å². The van der Waals surface area contributed by atoms with Crippen molar-refractivity contribution in [3.63, 3.8) is 0 Å². The van der Waals surface area contributed by atoms with Crippen LogP contribution in [0.5, 0.6) is 0 Å². The van der Waals surface area contributed by atoms with Crippen molar-refractivity contribution in [1.82, 2.24) is 9.05 Å². The van der Waals surface area contributed by atoms with Gasteiger partial charge < -0.3 is 9.05 Å². The third-order valence-corrected chi connectivity index (χ3v) is 4.03. The average Bonchev–Trinajstić information content (AvgIpc) is 3.11. The van der Waals surface area contributed by atoms with Gasteiger partial charge in [0, 0.05) is 37.1 Å². The van der Waals surface area contributed by atoms with Gasteiger partial charge in [-0.05, 0) is 18.2 Å². The minimum absolute atomic E-state index is 0.524. The number of H-pyrrole nitrogens is 1. The summed E-state index contributed by atoms with van der Waals surface area (Å²) in [6, 6.07) is 13.3. The molecule has 0 aliphatic rings. The third kappa shape index (κ3) is 1.77. The fraction of sp³-hybridized carbons (Fsp3) is 0.0625. The molecule has 3 heterocycles. The minimum Gasteiger partial charge on any atom is -0.350 e. The highest BCUT2D eigenvalue weighted by atomic mass is 19.2. The maximum absolute atomic E-state index is 13.4. The summed E-state index contributed by atoms with van der Waals surface area (Å²) in [6.45, 7) is 0. The van der Waals surface area contributed by atoms with Gasteiger partial charge in [0.1, 0.15) is 5.52 Å². The number of benzene rings is 1. The van der Waals surface area contributed by atoms with Gasteiger partial charge in [-0.3, -0.25) is 8.63 Å². The number of rotatable bonds is 2. The smallest absolute Gasteiger partial charge is 0.350 e. The number of para-hydroxylation sites is 1. The van der Waals surface area contributed by atoms with Crippen molar-refractivity contribution in [2.75, 3.05) is 0 Å². The monoisotopic (exact) mass is 296 g/mol. The molecular formula is C16H13BF2N3+. The van der Waals surface area contributed by atoms with Crippen molar-refractivity contribution < 1.29 is 13.6 Å². The number of hydrogen-bond acceptors (Lipinski definition) is 0. The maximum atomic E-state index is 13.4. The normalized spacial score (nSPS) is 11.4. The lowest BCUT2D eigenvalue weighted by atomic mass is 10.0. The Balaban J connectivity index is 2.25. The van der Waals surface area contributed by atoms with E-state index in [0.29, 0.717) is 11.0 Å². The Morgan fingerprint density at radius 3 is 2.50 bits per heavy atom. The number of fused-ring (bicyclic) bond motifs is 2. The quantitative estimate of drug-likeness (QED) is 0.506. The van der Waals surface area contributed by atoms with Gasteiger partial charge in [-0.15, -0.1) is 0 Å². The highest BCUT2D eigenvalue weighted by molar-refractivity contribution is 6.43. The lowest BCUT2D eigenvalue weighted by molar-refractivity contribution is -0.310. The molecule has 0 saturated carbocycles. The molecule has 0 bridgehead atoms. The van der Waals surface area contributed by atoms with E-state index in [9.17, 15) is 8.63 Å². The third-order valence-electron chi connectivity index (χ3n) is 4.03. The molecule has 1 N–H and O–H groups in total. The Morgan fingerprint density at radius 1 is 0.955 bits per heavy atom. The Morgan fingerprint density at radius 2 is 1.77 bits per heavy atom. The molecule has 0 amide bonds. The van der Waals surface area contributed by atoms with Crippen LogP contribution in [0.2, 0.25) is 0 Å². The van der Waals surface area contributed by atoms with Gasteiger partial charge in [-0.2, -0.15) is 0 Å². The Hall–Kier alpha value is -2.63. The largest absolute Gasteiger partial charge is 0.677 e. The van der Waals surface area contributed by atoms with Gasteiger partial charge in [0.2, 0.25) is 11.0 Å². The second-order valence-corrected chi connectivity index (χ2v) is 5.31. The number of halogens is 2. The first-order valence-corrected chi connectivity index (χ1v) is 7.01. The molecule has 1 aromatic carbocycles. The van der Waals surface area contributed by atoms with Crippen LogP contribution in [0.25, 0.3) is 33.2 Å². The first-order chi connectivity index (χ1) is 10.7. The van der Waals surface area contributed by atoms with Crippen LogP contribution < -0.4 is 4.98 Å². The number of pyridine rings is 1. The van der Waals surface area contributed by atoms with E-state index in [-0.39, 0.29) is 0 Å². The number of nitrogens with one attached hydrogen (secondary N) is 1. The number of nitrogens with zero attached hydrogens (tertiary/aromatic N) is 2. The topological polar surface area (TPSA) is 24.0 Å². The van der Waals surface area contributed by atoms with Crippen molar-refractivity contribution in [2.24, 2.45) is 7.05 Å². The molecule has 0 saturated heterocycles. The SMILES string of the molecule is Cn1cccc1-c1c2ccccc2[nH+]c2ccn(B(F)F)c12. The Bertz CT molecular complexity index is 988. The molecule has 0 unspecified atom stereocenters. The molecule has 108 valence electrons. The first kappa shape index (κ1) is 13.1. The minimum atomic E-state index is -2.58. The molecule has 0 fully saturated rings. The fourth-order valence-electron chi connectivity index (χ4n) is 3.04. The standard InChI is InChI=1S/C16H12BF2N3/c1-21-9-4-7-14(21)15-11-5-2-3-6-12(11)20-13-8-10-22(16(13)15)17(18)19/h2-10H,1H3/p+1. The van der Waals surface area contributed by atoms with E-state index >= 15 is 0 Å². The predicted molar refractivity (Wildman–Crippen MR) is 83.8 cm³/mol. The Labute approximate surface area is 126 Å². The second-order valence-electron chi connectivity index (χ2n) is 5.31. The van der Waals surface area contributed by atoms with Crippen molar-refractivity contribution in [2.45, 2.75) is 0 Å². The molecule has 3 aromatic heterocycles. The molecule has 22 heavy (non-hydrogen) atoms. The van der Waals surface area contributed by atoms with Crippen LogP contribution >= 0.6 is 0 Å². The van der Waals surface area contributed by atoms with Crippen molar-refractivity contribution in [1.29, 1.82) is 0 Å². The molecule has 4 aromatic rings. The number of aromatic nitrogens is 3. The van der Waals surface area contributed by atoms with Crippen LogP contribution in [-0.4, -0.2) is 16.4 Å². The van der Waals surface area contributed by atoms with Gasteiger partial charge in [0.15, 0.2) is 0 Å². The van der Waals surface area contributed by atoms with Crippen LogP contribution in [0.4, 0.5) is 8.63 Å². The molecule has 0 radical (unpaired) electrons. The van der Waals surface area contributed by atoms with E-state index in [2.05, 4.69) is 4.98 Å². The van der Waals surface area contributed by atoms with Gasteiger partial charge >= 0.3 is 7.40 Å². The van der Waals surface area contributed by atoms with Gasteiger partial charge in [-0.1, -0.05) is 12.1 Å². The summed E-state index contributed by atoms with van der Waals surface area (Å²) in [5.41, 5.74) is 3.89. The molecule has 0 spiro atoms. The lowest BCUT2D eigenvalue weighted by Crippen LogP contribution is -2.14. The van der Waals surface area contributed by atoms with Crippen molar-refractivity contribution in [3.8, 4) is 11.3 Å². The highest BCUT2D eigenvalue weighted by Gasteiger charge is 2.26. The summed E-state index contributed by atoms with van der Waals surface area (Å²) < 4.78 is 29.8. The molecule has 0 atom stereocenters. The lowest BCUT2D eigenvalue weighted by Gasteiger charge is -2.09. The summed E-state index contributed by atoms with van der Waals surface area (Å²) >= 11 is 0. The van der Waals surface area contributed by atoms with Crippen LogP contribution in [0.1, 0.15) is 0 Å². The van der Waals surface area contributed by atoms with E-state index < -0.39 is 7.40 Å². The maximum Gasteiger partial charge on any atom is 0.677 e. The van der Waals surface area contributed by atoms with E-state index in [1.165, 1.54) is 6.20 Å². The number of aromatic amines is 1. The zero-order valence-electron chi connectivity index (χ0n) is 11.9. The van der Waals surface area contributed by atoms with Gasteiger partial charge in [0.25, 0.3) is 0 Å². The zero-order valence-corrected chi connectivity index (χ0v) is 11.9. The average molecular weight is 296 g/mol. The first-order valence-electron chi connectivity index (χ1n) is 7.01. The van der Waals surface area contributed by atoms with Crippen molar-refractivity contribution in [3.05, 3.63) is 54.9 Å². The molecule has 0 aliphatic carbocycles. The van der Waals surface area contributed by atoms with Gasteiger partial charge in [0.05, 0.1) is 11.1 Å². The number of hydrogen-bond donors (Lipinski definition) is 0. The van der Waals surface area contributed by atoms with Gasteiger partial charge in [-0.25, -0.2) is 4.98 Å². The highest BCUT2D eigenvalue weighted by Crippen LogP contribution is 2.34. The fourth-order valence-corrected chi connectivity index (χ4v) is 3.04. The summed E-state index contributed by atoms with van der Waals surface area (Å²) in [6.07, 6.45) is 3.35. The number of aryl methyl sites for hydroxylation is 1. The van der Waals surface area contributed by atoms with E-state index in [1.807, 2.05) is 54.2 Å². The van der Waals surface area contributed by atoms with E-state index in [4.69, 9.17) is 0 Å².